The molecule has 0 bridgehead atoms. The molecule has 110 valence electrons. The van der Waals surface area contributed by atoms with E-state index in [0.29, 0.717) is 20.9 Å². The number of carbonyl (C=O) groups excluding carboxylic acids is 1. The van der Waals surface area contributed by atoms with Crippen molar-refractivity contribution >= 4 is 40.0 Å². The van der Waals surface area contributed by atoms with Gasteiger partial charge in [-0.25, -0.2) is 9.66 Å². The zero-order chi connectivity index (χ0) is 15.7. The molecule has 1 aromatic heterocycles. The SMILES string of the molecule is O=C(Nn1cnc2ccccc2c1=O)c1cc(Cl)cc(Cl)c1. The minimum atomic E-state index is -0.511. The minimum Gasteiger partial charge on any atom is -0.267 e. The molecule has 0 spiro atoms. The van der Waals surface area contributed by atoms with Crippen LogP contribution in [0.5, 0.6) is 0 Å². The Bertz CT molecular complexity index is 917. The molecule has 3 rings (SSSR count). The van der Waals surface area contributed by atoms with E-state index in [-0.39, 0.29) is 11.1 Å². The number of benzene rings is 2. The van der Waals surface area contributed by atoms with Gasteiger partial charge in [-0.2, -0.15) is 0 Å². The molecule has 7 heteroatoms. The van der Waals surface area contributed by atoms with Gasteiger partial charge >= 0.3 is 0 Å². The molecule has 22 heavy (non-hydrogen) atoms. The van der Waals surface area contributed by atoms with E-state index in [1.165, 1.54) is 24.5 Å². The number of para-hydroxylation sites is 1. The zero-order valence-corrected chi connectivity index (χ0v) is 12.6. The van der Waals surface area contributed by atoms with E-state index in [1.807, 2.05) is 0 Å². The van der Waals surface area contributed by atoms with Gasteiger partial charge in [-0.05, 0) is 30.3 Å². The lowest BCUT2D eigenvalue weighted by Crippen LogP contribution is -2.33. The summed E-state index contributed by atoms with van der Waals surface area (Å²) in [6, 6.07) is 11.3. The summed E-state index contributed by atoms with van der Waals surface area (Å²) in [5.74, 6) is -0.511. The van der Waals surface area contributed by atoms with Crippen molar-refractivity contribution in [2.45, 2.75) is 0 Å². The summed E-state index contributed by atoms with van der Waals surface area (Å²) in [6.07, 6.45) is 1.26. The first-order valence-corrected chi connectivity index (χ1v) is 7.04. The quantitative estimate of drug-likeness (QED) is 0.783. The number of carbonyl (C=O) groups is 1. The van der Waals surface area contributed by atoms with Crippen LogP contribution in [0.15, 0.2) is 53.6 Å². The van der Waals surface area contributed by atoms with Crippen molar-refractivity contribution < 1.29 is 4.79 Å². The number of nitrogens with zero attached hydrogens (tertiary/aromatic N) is 2. The maximum Gasteiger partial charge on any atom is 0.280 e. The van der Waals surface area contributed by atoms with E-state index in [9.17, 15) is 9.59 Å². The topological polar surface area (TPSA) is 64.0 Å². The van der Waals surface area contributed by atoms with Crippen LogP contribution >= 0.6 is 23.2 Å². The van der Waals surface area contributed by atoms with Gasteiger partial charge in [0.1, 0.15) is 6.33 Å². The maximum absolute atomic E-state index is 12.3. The van der Waals surface area contributed by atoms with E-state index in [2.05, 4.69) is 10.4 Å². The van der Waals surface area contributed by atoms with Crippen molar-refractivity contribution in [2.24, 2.45) is 0 Å². The van der Waals surface area contributed by atoms with Gasteiger partial charge < -0.3 is 0 Å². The van der Waals surface area contributed by atoms with Gasteiger partial charge in [-0.1, -0.05) is 35.3 Å². The number of rotatable bonds is 2. The summed E-state index contributed by atoms with van der Waals surface area (Å²) in [4.78, 5) is 28.6. The first-order valence-electron chi connectivity index (χ1n) is 6.28. The van der Waals surface area contributed by atoms with Crippen molar-refractivity contribution in [1.29, 1.82) is 0 Å². The average molecular weight is 334 g/mol. The molecule has 0 aliphatic carbocycles. The molecule has 0 saturated heterocycles. The molecule has 1 N–H and O–H groups in total. The average Bonchev–Trinajstić information content (AvgIpc) is 2.49. The van der Waals surface area contributed by atoms with Crippen LogP contribution < -0.4 is 11.0 Å². The zero-order valence-electron chi connectivity index (χ0n) is 11.1. The molecule has 0 unspecified atom stereocenters. The van der Waals surface area contributed by atoms with E-state index >= 15 is 0 Å². The summed E-state index contributed by atoms with van der Waals surface area (Å²) in [7, 11) is 0. The highest BCUT2D eigenvalue weighted by Gasteiger charge is 2.10. The summed E-state index contributed by atoms with van der Waals surface area (Å²) in [5.41, 5.74) is 2.90. The van der Waals surface area contributed by atoms with E-state index in [1.54, 1.807) is 24.3 Å². The van der Waals surface area contributed by atoms with Gasteiger partial charge in [0, 0.05) is 15.6 Å². The largest absolute Gasteiger partial charge is 0.280 e. The van der Waals surface area contributed by atoms with Gasteiger partial charge in [0.2, 0.25) is 0 Å². The molecule has 1 amide bonds. The number of halogens is 2. The van der Waals surface area contributed by atoms with E-state index in [4.69, 9.17) is 23.2 Å². The molecule has 1 heterocycles. The second-order valence-corrected chi connectivity index (χ2v) is 5.41. The van der Waals surface area contributed by atoms with E-state index in [0.717, 1.165) is 4.68 Å². The van der Waals surface area contributed by atoms with Crippen LogP contribution in [0.2, 0.25) is 10.0 Å². The van der Waals surface area contributed by atoms with Crippen molar-refractivity contribution in [3.8, 4) is 0 Å². The molecule has 0 atom stereocenters. The highest BCUT2D eigenvalue weighted by molar-refractivity contribution is 6.35. The lowest BCUT2D eigenvalue weighted by molar-refractivity contribution is 0.101. The van der Waals surface area contributed by atoms with Crippen molar-refractivity contribution in [3.05, 3.63) is 74.8 Å². The smallest absolute Gasteiger partial charge is 0.267 e. The number of fused-ring (bicyclic) bond motifs is 1. The van der Waals surface area contributed by atoms with Crippen molar-refractivity contribution in [2.75, 3.05) is 5.43 Å². The Balaban J connectivity index is 1.97. The first-order chi connectivity index (χ1) is 10.5. The van der Waals surface area contributed by atoms with Crippen LogP contribution in [0, 0.1) is 0 Å². The number of hydrogen-bond acceptors (Lipinski definition) is 3. The Morgan fingerprint density at radius 2 is 1.77 bits per heavy atom. The van der Waals surface area contributed by atoms with Crippen LogP contribution in [0.1, 0.15) is 10.4 Å². The monoisotopic (exact) mass is 333 g/mol. The van der Waals surface area contributed by atoms with Crippen LogP contribution in [0.4, 0.5) is 0 Å². The predicted octanol–water partition coefficient (Wildman–Crippen LogP) is 3.09. The number of aromatic nitrogens is 2. The number of hydrogen-bond donors (Lipinski definition) is 1. The summed E-state index contributed by atoms with van der Waals surface area (Å²) >= 11 is 11.7. The lowest BCUT2D eigenvalue weighted by atomic mass is 10.2. The summed E-state index contributed by atoms with van der Waals surface area (Å²) in [5, 5.41) is 1.08. The summed E-state index contributed by atoms with van der Waals surface area (Å²) in [6.45, 7) is 0. The molecule has 0 fully saturated rings. The number of amides is 1. The van der Waals surface area contributed by atoms with Crippen LogP contribution in [0.3, 0.4) is 0 Å². The Hall–Kier alpha value is -2.37. The molecule has 0 radical (unpaired) electrons. The molecule has 5 nitrogen and oxygen atoms in total. The minimum absolute atomic E-state index is 0.248. The fourth-order valence-electron chi connectivity index (χ4n) is 2.01. The molecule has 3 aromatic rings. The van der Waals surface area contributed by atoms with Gasteiger partial charge in [0.05, 0.1) is 10.9 Å². The van der Waals surface area contributed by atoms with Gasteiger partial charge in [0.15, 0.2) is 0 Å². The van der Waals surface area contributed by atoms with Crippen molar-refractivity contribution in [1.82, 2.24) is 9.66 Å². The van der Waals surface area contributed by atoms with Crippen LogP contribution in [0.25, 0.3) is 10.9 Å². The second-order valence-electron chi connectivity index (χ2n) is 4.54. The highest BCUT2D eigenvalue weighted by Crippen LogP contribution is 2.19. The molecule has 0 aliphatic heterocycles. The van der Waals surface area contributed by atoms with Crippen molar-refractivity contribution in [3.63, 3.8) is 0 Å². The number of nitrogens with one attached hydrogen (secondary N) is 1. The molecular weight excluding hydrogens is 325 g/mol. The Labute approximate surface area is 135 Å². The summed E-state index contributed by atoms with van der Waals surface area (Å²) < 4.78 is 1.03. The Morgan fingerprint density at radius 3 is 2.50 bits per heavy atom. The van der Waals surface area contributed by atoms with Gasteiger partial charge in [-0.15, -0.1) is 0 Å². The second kappa shape index (κ2) is 5.79. The van der Waals surface area contributed by atoms with Crippen LogP contribution in [-0.2, 0) is 0 Å². The Morgan fingerprint density at radius 1 is 1.09 bits per heavy atom. The van der Waals surface area contributed by atoms with Crippen LogP contribution in [-0.4, -0.2) is 15.6 Å². The maximum atomic E-state index is 12.3. The molecule has 0 saturated carbocycles. The molecular formula is C15H9Cl2N3O2. The van der Waals surface area contributed by atoms with Gasteiger partial charge in [-0.3, -0.25) is 15.0 Å². The molecule has 2 aromatic carbocycles. The van der Waals surface area contributed by atoms with Gasteiger partial charge in [0.25, 0.3) is 11.5 Å². The first kappa shape index (κ1) is 14.6. The third-order valence-electron chi connectivity index (χ3n) is 3.01. The highest BCUT2D eigenvalue weighted by atomic mass is 35.5. The fraction of sp³-hybridized carbons (Fsp3) is 0. The predicted molar refractivity (Wildman–Crippen MR) is 86.2 cm³/mol. The molecule has 0 aliphatic rings. The lowest BCUT2D eigenvalue weighted by Gasteiger charge is -2.09. The normalized spacial score (nSPS) is 10.6. The Kier molecular flexibility index (Phi) is 3.83. The fourth-order valence-corrected chi connectivity index (χ4v) is 2.53. The third-order valence-corrected chi connectivity index (χ3v) is 3.45. The standard InChI is InChI=1S/C15H9Cl2N3O2/c16-10-5-9(6-11(17)7-10)14(21)19-20-8-18-13-4-2-1-3-12(13)15(20)22/h1-8H,(H,19,21). The van der Waals surface area contributed by atoms with E-state index < -0.39 is 5.91 Å². The third kappa shape index (κ3) is 2.81.